The van der Waals surface area contributed by atoms with Crippen LogP contribution in [-0.4, -0.2) is 46.8 Å². The number of nitrogens with one attached hydrogen (secondary N) is 2. The van der Waals surface area contributed by atoms with Gasteiger partial charge in [-0.25, -0.2) is 14.3 Å². The molecule has 0 bridgehead atoms. The monoisotopic (exact) mass is 518 g/mol. The van der Waals surface area contributed by atoms with Gasteiger partial charge in [-0.1, -0.05) is 38.8 Å². The predicted molar refractivity (Wildman–Crippen MR) is 139 cm³/mol. The first-order valence-corrected chi connectivity index (χ1v) is 12.6. The highest BCUT2D eigenvalue weighted by Gasteiger charge is 2.38. The van der Waals surface area contributed by atoms with Gasteiger partial charge in [0, 0.05) is 12.0 Å². The number of amides is 2. The molecule has 5 rings (SSSR count). The molecule has 1 fully saturated rings. The van der Waals surface area contributed by atoms with Crippen LogP contribution in [0.15, 0.2) is 35.2 Å². The van der Waals surface area contributed by atoms with Crippen LogP contribution in [0, 0.1) is 12.3 Å². The quantitative estimate of drug-likeness (QED) is 0.319. The number of carboxylic acid groups (broad SMARTS) is 1. The molecule has 1 aliphatic rings. The average Bonchev–Trinajstić information content (AvgIpc) is 3.60. The largest absolute Gasteiger partial charge is 0.481 e. The van der Waals surface area contributed by atoms with Crippen molar-refractivity contribution in [1.82, 2.24) is 29.7 Å². The van der Waals surface area contributed by atoms with E-state index in [1.165, 1.54) is 6.20 Å². The summed E-state index contributed by atoms with van der Waals surface area (Å²) >= 11 is 0. The minimum absolute atomic E-state index is 0.0172. The molecule has 3 N–H and O–H groups in total. The van der Waals surface area contributed by atoms with Crippen molar-refractivity contribution in [1.29, 1.82) is 0 Å². The number of anilines is 2. The zero-order chi connectivity index (χ0) is 27.0. The van der Waals surface area contributed by atoms with Crippen LogP contribution < -0.4 is 10.6 Å². The van der Waals surface area contributed by atoms with Crippen molar-refractivity contribution in [3.63, 3.8) is 0 Å². The molecule has 0 aromatic carbocycles. The molecule has 0 spiro atoms. The molecule has 0 radical (unpaired) electrons. The highest BCUT2D eigenvalue weighted by Crippen LogP contribution is 2.38. The molecule has 1 atom stereocenters. The van der Waals surface area contributed by atoms with E-state index >= 15 is 0 Å². The van der Waals surface area contributed by atoms with Crippen LogP contribution in [0.3, 0.4) is 0 Å². The van der Waals surface area contributed by atoms with Gasteiger partial charge < -0.3 is 20.3 Å². The van der Waals surface area contributed by atoms with Crippen molar-refractivity contribution < 1.29 is 19.2 Å². The molecule has 1 saturated carbocycles. The Balaban J connectivity index is 1.33. The van der Waals surface area contributed by atoms with Gasteiger partial charge >= 0.3 is 12.0 Å². The Kier molecular flexibility index (Phi) is 6.55. The van der Waals surface area contributed by atoms with Gasteiger partial charge in [-0.05, 0) is 36.8 Å². The Morgan fingerprint density at radius 3 is 2.61 bits per heavy atom. The highest BCUT2D eigenvalue weighted by molar-refractivity contribution is 6.00. The van der Waals surface area contributed by atoms with Crippen LogP contribution in [0.1, 0.15) is 75.4 Å². The number of aliphatic carboxylic acids is 1. The first kappa shape index (κ1) is 25.3. The Morgan fingerprint density at radius 2 is 1.92 bits per heavy atom. The van der Waals surface area contributed by atoms with Crippen molar-refractivity contribution in [3.05, 3.63) is 47.9 Å². The number of hydrogen-bond acceptors (Lipinski definition) is 8. The van der Waals surface area contributed by atoms with E-state index in [-0.39, 0.29) is 11.7 Å². The van der Waals surface area contributed by atoms with Crippen LogP contribution in [0.2, 0.25) is 0 Å². The standard InChI is InChI=1S/C26H30N8O4/c1-14-11-16(12-28-20(14)22-32-23(38-33-22)19(24(35)36)26(2,3)4)30-25(37)31-17-13-27-18-9-10-29-34(18)21(17)15-7-5-6-8-15/h9-13,15,19H,5-8H2,1-4H3,(H,35,36)(H2,30,31,37). The van der Waals surface area contributed by atoms with E-state index in [9.17, 15) is 14.7 Å². The summed E-state index contributed by atoms with van der Waals surface area (Å²) < 4.78 is 7.09. The fraction of sp³-hybridized carbons (Fsp3) is 0.423. The number of fused-ring (bicyclic) bond motifs is 1. The smallest absolute Gasteiger partial charge is 0.323 e. The van der Waals surface area contributed by atoms with Crippen LogP contribution in [0.4, 0.5) is 16.2 Å². The zero-order valence-corrected chi connectivity index (χ0v) is 21.7. The number of carbonyl (C=O) groups excluding carboxylic acids is 1. The molecule has 2 amide bonds. The lowest BCUT2D eigenvalue weighted by Crippen LogP contribution is -2.26. The molecule has 1 unspecified atom stereocenters. The van der Waals surface area contributed by atoms with Crippen molar-refractivity contribution in [2.45, 2.75) is 65.2 Å². The molecule has 12 heteroatoms. The normalized spacial score (nSPS) is 15.1. The minimum Gasteiger partial charge on any atom is -0.481 e. The molecule has 38 heavy (non-hydrogen) atoms. The number of pyridine rings is 1. The number of rotatable bonds is 6. The summed E-state index contributed by atoms with van der Waals surface area (Å²) in [6, 6.07) is 3.15. The van der Waals surface area contributed by atoms with Gasteiger partial charge in [0.2, 0.25) is 11.7 Å². The zero-order valence-electron chi connectivity index (χ0n) is 21.7. The maximum absolute atomic E-state index is 12.9. The van der Waals surface area contributed by atoms with E-state index in [1.807, 2.05) is 6.07 Å². The Morgan fingerprint density at radius 1 is 1.16 bits per heavy atom. The molecular formula is C26H30N8O4. The number of carboxylic acids is 1. The molecule has 0 aliphatic heterocycles. The van der Waals surface area contributed by atoms with Crippen molar-refractivity contribution in [2.75, 3.05) is 10.6 Å². The number of hydrogen-bond donors (Lipinski definition) is 3. The first-order chi connectivity index (χ1) is 18.1. The van der Waals surface area contributed by atoms with Gasteiger partial charge in [-0.2, -0.15) is 10.1 Å². The van der Waals surface area contributed by atoms with Gasteiger partial charge in [0.25, 0.3) is 0 Å². The number of urea groups is 1. The fourth-order valence-electron chi connectivity index (χ4n) is 5.04. The number of carbonyl (C=O) groups is 2. The first-order valence-electron chi connectivity index (χ1n) is 12.6. The Bertz CT molecular complexity index is 1500. The molecule has 0 saturated heterocycles. The summed E-state index contributed by atoms with van der Waals surface area (Å²) in [6.45, 7) is 7.19. The van der Waals surface area contributed by atoms with Gasteiger partial charge in [0.05, 0.1) is 35.7 Å². The van der Waals surface area contributed by atoms with E-state index in [1.54, 1.807) is 50.7 Å². The van der Waals surface area contributed by atoms with E-state index in [0.29, 0.717) is 28.6 Å². The Labute approximate surface area is 218 Å². The molecule has 12 nitrogen and oxygen atoms in total. The second-order valence-corrected chi connectivity index (χ2v) is 10.7. The van der Waals surface area contributed by atoms with Gasteiger partial charge in [0.15, 0.2) is 5.65 Å². The van der Waals surface area contributed by atoms with Crippen molar-refractivity contribution in [3.8, 4) is 11.5 Å². The van der Waals surface area contributed by atoms with Gasteiger partial charge in [0.1, 0.15) is 11.6 Å². The van der Waals surface area contributed by atoms with E-state index in [4.69, 9.17) is 4.52 Å². The molecule has 4 heterocycles. The second-order valence-electron chi connectivity index (χ2n) is 10.7. The van der Waals surface area contributed by atoms with Crippen LogP contribution in [-0.2, 0) is 4.79 Å². The second kappa shape index (κ2) is 9.84. The number of aromatic nitrogens is 6. The molecule has 4 aromatic rings. The third kappa shape index (κ3) is 4.93. The summed E-state index contributed by atoms with van der Waals surface area (Å²) in [6.07, 6.45) is 9.25. The third-order valence-electron chi connectivity index (χ3n) is 6.79. The summed E-state index contributed by atoms with van der Waals surface area (Å²) in [5.41, 5.74) is 3.30. The topological polar surface area (TPSA) is 160 Å². The summed E-state index contributed by atoms with van der Waals surface area (Å²) in [5.74, 6) is -1.50. The van der Waals surface area contributed by atoms with Gasteiger partial charge in [-0.3, -0.25) is 9.78 Å². The van der Waals surface area contributed by atoms with Gasteiger partial charge in [-0.15, -0.1) is 0 Å². The number of nitrogens with zero attached hydrogens (tertiary/aromatic N) is 6. The maximum atomic E-state index is 12.9. The predicted octanol–water partition coefficient (Wildman–Crippen LogP) is 5.00. The lowest BCUT2D eigenvalue weighted by atomic mass is 9.80. The van der Waals surface area contributed by atoms with Crippen LogP contribution >= 0.6 is 0 Å². The lowest BCUT2D eigenvalue weighted by molar-refractivity contribution is -0.142. The van der Waals surface area contributed by atoms with E-state index in [0.717, 1.165) is 37.0 Å². The van der Waals surface area contributed by atoms with Crippen LogP contribution in [0.25, 0.3) is 17.2 Å². The molecule has 1 aliphatic carbocycles. The van der Waals surface area contributed by atoms with E-state index < -0.39 is 23.3 Å². The minimum atomic E-state index is -1.04. The van der Waals surface area contributed by atoms with Crippen molar-refractivity contribution in [2.24, 2.45) is 5.41 Å². The maximum Gasteiger partial charge on any atom is 0.323 e. The molecular weight excluding hydrogens is 488 g/mol. The SMILES string of the molecule is Cc1cc(NC(=O)Nc2cnc3ccnn3c2C2CCCC2)cnc1-c1noc(C(C(=O)O)C(C)(C)C)n1. The lowest BCUT2D eigenvalue weighted by Gasteiger charge is -2.23. The summed E-state index contributed by atoms with van der Waals surface area (Å²) in [4.78, 5) is 37.8. The van der Waals surface area contributed by atoms with Crippen LogP contribution in [0.5, 0.6) is 0 Å². The third-order valence-corrected chi connectivity index (χ3v) is 6.79. The molecule has 4 aromatic heterocycles. The summed E-state index contributed by atoms with van der Waals surface area (Å²) in [7, 11) is 0. The molecule has 198 valence electrons. The summed E-state index contributed by atoms with van der Waals surface area (Å²) in [5, 5.41) is 23.8. The highest BCUT2D eigenvalue weighted by atomic mass is 16.5. The number of aryl methyl sites for hydroxylation is 1. The fourth-order valence-corrected chi connectivity index (χ4v) is 5.04. The average molecular weight is 519 g/mol. The van der Waals surface area contributed by atoms with Crippen molar-refractivity contribution >= 4 is 29.0 Å². The van der Waals surface area contributed by atoms with E-state index in [2.05, 4.69) is 35.8 Å². The Hall–Kier alpha value is -4.35.